The topological polar surface area (TPSA) is 79.2 Å². The maximum absolute atomic E-state index is 11.9. The van der Waals surface area contributed by atoms with Crippen LogP contribution in [0.3, 0.4) is 0 Å². The van der Waals surface area contributed by atoms with E-state index in [-0.39, 0.29) is 24.1 Å². The van der Waals surface area contributed by atoms with Gasteiger partial charge in [0.15, 0.2) is 0 Å². The summed E-state index contributed by atoms with van der Waals surface area (Å²) in [7, 11) is 0. The van der Waals surface area contributed by atoms with Crippen molar-refractivity contribution in [2.24, 2.45) is 5.41 Å². The van der Waals surface area contributed by atoms with Crippen molar-refractivity contribution in [3.8, 4) is 0 Å². The Morgan fingerprint density at radius 1 is 1.52 bits per heavy atom. The third kappa shape index (κ3) is 5.75. The summed E-state index contributed by atoms with van der Waals surface area (Å²) in [5, 5.41) is 19.0. The lowest BCUT2D eigenvalue weighted by molar-refractivity contribution is 0.148. The van der Waals surface area contributed by atoms with Crippen LogP contribution in [-0.2, 0) is 0 Å². The van der Waals surface area contributed by atoms with E-state index < -0.39 is 0 Å². The summed E-state index contributed by atoms with van der Waals surface area (Å²) in [6.45, 7) is 8.92. The van der Waals surface area contributed by atoms with Crippen molar-refractivity contribution in [3.05, 3.63) is 12.3 Å². The molecule has 0 fully saturated rings. The van der Waals surface area contributed by atoms with Gasteiger partial charge in [-0.2, -0.15) is 5.10 Å². The number of hydrogen-bond acceptors (Lipinski definition) is 3. The number of amides is 2. The molecule has 1 rings (SSSR count). The van der Waals surface area contributed by atoms with Crippen molar-refractivity contribution < 1.29 is 9.90 Å². The number of hydrogen-bond donors (Lipinski definition) is 3. The second kappa shape index (κ2) is 8.02. The monoisotopic (exact) mass is 296 g/mol. The molecule has 1 unspecified atom stereocenters. The minimum absolute atomic E-state index is 0.0899. The normalized spacial score (nSPS) is 13.0. The quantitative estimate of drug-likeness (QED) is 0.645. The molecule has 0 aromatic carbocycles. The number of urea groups is 1. The molecule has 0 radical (unpaired) electrons. The Labute approximate surface area is 126 Å². The third-order valence-electron chi connectivity index (χ3n) is 3.66. The van der Waals surface area contributed by atoms with Crippen molar-refractivity contribution in [2.45, 2.75) is 53.0 Å². The van der Waals surface area contributed by atoms with Crippen LogP contribution in [-0.4, -0.2) is 34.1 Å². The predicted molar refractivity (Wildman–Crippen MR) is 84.4 cm³/mol. The molecule has 0 aliphatic rings. The molecule has 6 nitrogen and oxygen atoms in total. The van der Waals surface area contributed by atoms with Gasteiger partial charge in [0, 0.05) is 19.2 Å². The zero-order valence-corrected chi connectivity index (χ0v) is 13.5. The number of aromatic nitrogens is 2. The van der Waals surface area contributed by atoms with Crippen LogP contribution in [0.2, 0.25) is 0 Å². The molecule has 3 N–H and O–H groups in total. The SMILES string of the molecule is CCC(C)n1nccc1NC(=O)NCCCC(C)(C)CO. The zero-order valence-electron chi connectivity index (χ0n) is 13.5. The Hall–Kier alpha value is -1.56. The number of carbonyl (C=O) groups is 1. The van der Waals surface area contributed by atoms with Gasteiger partial charge in [0.2, 0.25) is 0 Å². The van der Waals surface area contributed by atoms with Gasteiger partial charge in [0.1, 0.15) is 5.82 Å². The second-order valence-electron chi connectivity index (χ2n) is 6.23. The van der Waals surface area contributed by atoms with Gasteiger partial charge in [0.05, 0.1) is 12.2 Å². The number of carbonyl (C=O) groups excluding carboxylic acids is 1. The third-order valence-corrected chi connectivity index (χ3v) is 3.66. The summed E-state index contributed by atoms with van der Waals surface area (Å²) in [5.41, 5.74) is -0.0899. The minimum Gasteiger partial charge on any atom is -0.396 e. The van der Waals surface area contributed by atoms with Crippen LogP contribution in [0.5, 0.6) is 0 Å². The number of aliphatic hydroxyl groups is 1. The molecule has 0 bridgehead atoms. The van der Waals surface area contributed by atoms with Crippen LogP contribution < -0.4 is 10.6 Å². The van der Waals surface area contributed by atoms with Gasteiger partial charge < -0.3 is 10.4 Å². The highest BCUT2D eigenvalue weighted by atomic mass is 16.3. The molecule has 0 aliphatic heterocycles. The molecule has 120 valence electrons. The Morgan fingerprint density at radius 2 is 2.24 bits per heavy atom. The molecule has 2 amide bonds. The van der Waals surface area contributed by atoms with Crippen molar-refractivity contribution in [2.75, 3.05) is 18.5 Å². The maximum Gasteiger partial charge on any atom is 0.320 e. The summed E-state index contributed by atoms with van der Waals surface area (Å²) < 4.78 is 1.81. The number of rotatable bonds is 8. The van der Waals surface area contributed by atoms with E-state index in [4.69, 9.17) is 0 Å². The molecule has 6 heteroatoms. The lowest BCUT2D eigenvalue weighted by atomic mass is 9.89. The molecule has 0 spiro atoms. The first-order valence-electron chi connectivity index (χ1n) is 7.59. The molecule has 21 heavy (non-hydrogen) atoms. The van der Waals surface area contributed by atoms with E-state index in [9.17, 15) is 9.90 Å². The summed E-state index contributed by atoms with van der Waals surface area (Å²) in [4.78, 5) is 11.9. The standard InChI is InChI=1S/C15H28N4O2/c1-5-12(2)19-13(7-10-17-19)18-14(21)16-9-6-8-15(3,4)11-20/h7,10,12,20H,5-6,8-9,11H2,1-4H3,(H2,16,18,21). The molecule has 1 aromatic rings. The van der Waals surface area contributed by atoms with Crippen LogP contribution in [0.15, 0.2) is 12.3 Å². The van der Waals surface area contributed by atoms with Crippen LogP contribution in [0.4, 0.5) is 10.6 Å². The smallest absolute Gasteiger partial charge is 0.320 e. The lowest BCUT2D eigenvalue weighted by Crippen LogP contribution is -2.31. The highest BCUT2D eigenvalue weighted by Gasteiger charge is 2.16. The second-order valence-corrected chi connectivity index (χ2v) is 6.23. The van der Waals surface area contributed by atoms with E-state index in [2.05, 4.69) is 29.6 Å². The van der Waals surface area contributed by atoms with Gasteiger partial charge in [-0.05, 0) is 31.6 Å². The van der Waals surface area contributed by atoms with Gasteiger partial charge in [-0.3, -0.25) is 5.32 Å². The number of nitrogens with zero attached hydrogens (tertiary/aromatic N) is 2. The first kappa shape index (κ1) is 17.5. The van der Waals surface area contributed by atoms with Crippen LogP contribution in [0, 0.1) is 5.41 Å². The minimum atomic E-state index is -0.221. The fraction of sp³-hybridized carbons (Fsp3) is 0.733. The Morgan fingerprint density at radius 3 is 2.86 bits per heavy atom. The number of aliphatic hydroxyl groups excluding tert-OH is 1. The van der Waals surface area contributed by atoms with Crippen LogP contribution in [0.25, 0.3) is 0 Å². The largest absolute Gasteiger partial charge is 0.396 e. The first-order valence-corrected chi connectivity index (χ1v) is 7.59. The Kier molecular flexibility index (Phi) is 6.68. The molecule has 0 saturated carbocycles. The maximum atomic E-state index is 11.9. The van der Waals surface area contributed by atoms with Crippen LogP contribution >= 0.6 is 0 Å². The van der Waals surface area contributed by atoms with Gasteiger partial charge in [0.25, 0.3) is 0 Å². The fourth-order valence-electron chi connectivity index (χ4n) is 1.95. The van der Waals surface area contributed by atoms with Crippen molar-refractivity contribution in [1.29, 1.82) is 0 Å². The highest BCUT2D eigenvalue weighted by Crippen LogP contribution is 2.20. The average Bonchev–Trinajstić information content (AvgIpc) is 2.91. The molecule has 1 aromatic heterocycles. The highest BCUT2D eigenvalue weighted by molar-refractivity contribution is 5.88. The van der Waals surface area contributed by atoms with E-state index >= 15 is 0 Å². The van der Waals surface area contributed by atoms with E-state index in [1.165, 1.54) is 0 Å². The van der Waals surface area contributed by atoms with Crippen LogP contribution in [0.1, 0.15) is 53.0 Å². The molecule has 1 heterocycles. The average molecular weight is 296 g/mol. The molecule has 0 saturated heterocycles. The van der Waals surface area contributed by atoms with Gasteiger partial charge >= 0.3 is 6.03 Å². The molecule has 1 atom stereocenters. The zero-order chi connectivity index (χ0) is 15.9. The first-order chi connectivity index (χ1) is 9.89. The van der Waals surface area contributed by atoms with Gasteiger partial charge in [-0.15, -0.1) is 0 Å². The molecular formula is C15H28N4O2. The summed E-state index contributed by atoms with van der Waals surface area (Å²) >= 11 is 0. The summed E-state index contributed by atoms with van der Waals surface area (Å²) in [6.07, 6.45) is 4.35. The lowest BCUT2D eigenvalue weighted by Gasteiger charge is -2.21. The number of nitrogens with one attached hydrogen (secondary N) is 2. The number of anilines is 1. The van der Waals surface area contributed by atoms with Crippen molar-refractivity contribution in [3.63, 3.8) is 0 Å². The van der Waals surface area contributed by atoms with E-state index in [1.54, 1.807) is 12.3 Å². The summed E-state index contributed by atoms with van der Waals surface area (Å²) in [6, 6.07) is 1.82. The van der Waals surface area contributed by atoms with Crippen molar-refractivity contribution >= 4 is 11.8 Å². The van der Waals surface area contributed by atoms with E-state index in [1.807, 2.05) is 18.5 Å². The molecule has 0 aliphatic carbocycles. The van der Waals surface area contributed by atoms with Gasteiger partial charge in [-0.25, -0.2) is 9.48 Å². The Bertz CT molecular complexity index is 443. The predicted octanol–water partition coefficient (Wildman–Crippen LogP) is 2.77. The fourth-order valence-corrected chi connectivity index (χ4v) is 1.95. The molecular weight excluding hydrogens is 268 g/mol. The Balaban J connectivity index is 2.36. The summed E-state index contributed by atoms with van der Waals surface area (Å²) in [5.74, 6) is 0.706. The van der Waals surface area contributed by atoms with Gasteiger partial charge in [-0.1, -0.05) is 20.8 Å². The van der Waals surface area contributed by atoms with E-state index in [0.717, 1.165) is 19.3 Å². The van der Waals surface area contributed by atoms with Crippen molar-refractivity contribution in [1.82, 2.24) is 15.1 Å². The van der Waals surface area contributed by atoms with E-state index in [0.29, 0.717) is 12.4 Å².